The van der Waals surface area contributed by atoms with E-state index in [1.165, 1.54) is 122 Å². The van der Waals surface area contributed by atoms with Crippen LogP contribution in [0.4, 0.5) is 22.7 Å². The number of quaternary nitrogens is 2. The Bertz CT molecular complexity index is 3740. The predicted octanol–water partition coefficient (Wildman–Crippen LogP) is 15.8. The van der Waals surface area contributed by atoms with Gasteiger partial charge in [-0.25, -0.2) is 0 Å². The first kappa shape index (κ1) is 75.6. The van der Waals surface area contributed by atoms with Crippen molar-refractivity contribution >= 4 is 268 Å². The van der Waals surface area contributed by atoms with Gasteiger partial charge in [-0.3, -0.25) is 0 Å². The Labute approximate surface area is 634 Å². The zero-order chi connectivity index (χ0) is 63.0. The van der Waals surface area contributed by atoms with E-state index in [1.807, 2.05) is 18.8 Å². The van der Waals surface area contributed by atoms with Crippen molar-refractivity contribution in [3.8, 4) is 0 Å². The number of anilines is 2. The summed E-state index contributed by atoms with van der Waals surface area (Å²) in [5.41, 5.74) is 26.4. The fourth-order valence-electron chi connectivity index (χ4n) is 15.1. The minimum atomic E-state index is -1.45. The quantitative estimate of drug-likeness (QED) is 0.0883. The van der Waals surface area contributed by atoms with E-state index in [-0.39, 0.29) is 36.3 Å². The van der Waals surface area contributed by atoms with Crippen LogP contribution in [0.2, 0.25) is 0 Å². The van der Waals surface area contributed by atoms with Gasteiger partial charge < -0.3 is 47.1 Å². The number of benzene rings is 8. The number of hydrogen-bond donors (Lipinski definition) is 2. The molecule has 0 radical (unpaired) electrons. The fourth-order valence-corrected chi connectivity index (χ4v) is 16.4. The number of alkyl halides is 1. The van der Waals surface area contributed by atoms with Gasteiger partial charge >= 0.3 is 92.3 Å². The zero-order valence-electron chi connectivity index (χ0n) is 52.2. The summed E-state index contributed by atoms with van der Waals surface area (Å²) in [5, 5.41) is 24.4. The van der Waals surface area contributed by atoms with Crippen LogP contribution in [0, 0.1) is 73.0 Å². The second-order valence-corrected chi connectivity index (χ2v) is 62.9. The molecule has 6 aliphatic heterocycles. The van der Waals surface area contributed by atoms with Gasteiger partial charge in [0.1, 0.15) is 11.4 Å². The van der Waals surface area contributed by atoms with Crippen LogP contribution in [-0.2, 0) is 50.0 Å². The van der Waals surface area contributed by atoms with Crippen LogP contribution in [0.1, 0.15) is 79.8 Å². The first-order valence-corrected chi connectivity index (χ1v) is 47.4. The molecule has 0 amide bonds. The maximum absolute atomic E-state index is 9.56. The maximum atomic E-state index is 9.56. The van der Waals surface area contributed by atoms with Crippen LogP contribution in [0.15, 0.2) is 97.1 Å². The van der Waals surface area contributed by atoms with Crippen LogP contribution in [0.25, 0.3) is 21.5 Å². The summed E-state index contributed by atoms with van der Waals surface area (Å²) in [6.07, 6.45) is 0. The van der Waals surface area contributed by atoms with Crippen molar-refractivity contribution in [3.63, 3.8) is 0 Å². The SMILES string of the molecule is C.CI.Cc1cc2c(c(C)c1C)B(O)OC2.Cc1cc2c(c(C)c1I)B(O)OC2.Cc1cc2c(c(C)c1I)[B-]1(OC2)N(C)c2cccc3cccc(c23)[N+]1(C)C.Cc1cc2c(c(C)c1I)[B-]1(OC2)N(C)c2cccc3cccc(c23)[N+]1(C)C.I.[I][V]([I])[I]. The third kappa shape index (κ3) is 12.9. The van der Waals surface area contributed by atoms with Gasteiger partial charge in [-0.05, 0) is 256 Å². The van der Waals surface area contributed by atoms with E-state index in [0.717, 1.165) is 27.6 Å². The molecule has 0 fully saturated rings. The summed E-state index contributed by atoms with van der Waals surface area (Å²) in [6.45, 7) is 18.8. The standard InChI is InChI=1S/2C22H24BIN2O.C10H13BO2.C9H10BIO2.CH3I.CH4.4HI.V/c2*1-14-12-17-13-27-23(21(17)15(2)22(14)24)25(3)18-10-6-8-16-9-7-11-19(20(16)18)26(23,4)5;1-6-4-9-5-13-11(12)10(9)8(3)7(6)2;1-5-3-7-4-13-10(12)8(7)6(2)9(5)11;1-2;;;;;;/h2*6-12H,13H2,1-5H3;4,12H,5H2,1-3H3;3,12H,4H2,1-2H3;1H3;1H4;4*1H;/q;;;;;;;;;;+3/p-3. The molecular weight excluding hydrogens is 2040 g/mol. The van der Waals surface area contributed by atoms with Crippen LogP contribution in [-0.4, -0.2) is 84.7 Å². The molecule has 0 aromatic heterocycles. The molecular formula is C65H79B4I8N4O6V. The van der Waals surface area contributed by atoms with Crippen LogP contribution < -0.4 is 40.3 Å². The molecule has 0 saturated carbocycles. The van der Waals surface area contributed by atoms with E-state index in [1.54, 1.807) is 0 Å². The van der Waals surface area contributed by atoms with Crippen molar-refractivity contribution < 1.29 is 33.6 Å². The Kier molecular flexibility index (Phi) is 25.7. The number of rotatable bonds is 0. The fraction of sp³-hybridized carbons (Fsp3) is 0.323. The molecule has 8 aromatic carbocycles. The van der Waals surface area contributed by atoms with Crippen molar-refractivity contribution in [2.45, 2.75) is 96.2 Å². The summed E-state index contributed by atoms with van der Waals surface area (Å²) in [4.78, 5) is 6.55. The number of nitrogens with zero attached hydrogens (tertiary/aromatic N) is 4. The van der Waals surface area contributed by atoms with Gasteiger partial charge in [0, 0.05) is 63.5 Å². The van der Waals surface area contributed by atoms with E-state index in [9.17, 15) is 10.0 Å². The van der Waals surface area contributed by atoms with Gasteiger partial charge in [0.2, 0.25) is 0 Å². The van der Waals surface area contributed by atoms with Gasteiger partial charge in [0.05, 0.1) is 24.0 Å². The van der Waals surface area contributed by atoms with Crippen molar-refractivity contribution in [2.75, 3.05) is 56.8 Å². The molecule has 6 heterocycles. The topological polar surface area (TPSA) is 83.9 Å². The summed E-state index contributed by atoms with van der Waals surface area (Å²) in [6, 6.07) is 35.4. The summed E-state index contributed by atoms with van der Waals surface area (Å²) < 4.78 is 29.3. The third-order valence-electron chi connectivity index (χ3n) is 19.2. The van der Waals surface area contributed by atoms with E-state index in [4.69, 9.17) is 18.6 Å². The Morgan fingerprint density at radius 1 is 0.477 bits per heavy atom. The zero-order valence-corrected chi connectivity index (χ0v) is 71.0. The van der Waals surface area contributed by atoms with Gasteiger partial charge in [0.25, 0.3) is 0 Å². The molecule has 2 N–H and O–H groups in total. The minimum absolute atomic E-state index is 0. The number of halogens is 8. The van der Waals surface area contributed by atoms with Crippen molar-refractivity contribution in [1.82, 2.24) is 8.79 Å². The number of aryl methyl sites for hydroxylation is 4. The third-order valence-corrected chi connectivity index (χ3v) is 24.2. The summed E-state index contributed by atoms with van der Waals surface area (Å²) >= 11 is 16.8. The van der Waals surface area contributed by atoms with E-state index in [0.29, 0.717) is 35.2 Å². The molecule has 8 aromatic rings. The van der Waals surface area contributed by atoms with Crippen molar-refractivity contribution in [2.24, 2.45) is 0 Å². The molecule has 2 atom stereocenters. The number of hydrogen-bond acceptors (Lipinski definition) is 8. The Hall–Kier alpha value is 0.244. The molecule has 10 nitrogen and oxygen atoms in total. The summed E-state index contributed by atoms with van der Waals surface area (Å²) in [5.74, 6) is 0. The van der Waals surface area contributed by atoms with Crippen LogP contribution in [0.5, 0.6) is 0 Å². The molecule has 0 aliphatic carbocycles. The normalized spacial score (nSPS) is 18.7. The average molecular weight is 2120 g/mol. The first-order chi connectivity index (χ1) is 40.6. The van der Waals surface area contributed by atoms with Gasteiger partial charge in [-0.2, -0.15) is 0 Å². The van der Waals surface area contributed by atoms with Gasteiger partial charge in [-0.15, -0.1) is 24.0 Å². The Morgan fingerprint density at radius 3 is 1.17 bits per heavy atom. The molecule has 0 bridgehead atoms. The van der Waals surface area contributed by atoms with Crippen LogP contribution in [0.3, 0.4) is 0 Å². The van der Waals surface area contributed by atoms with Crippen molar-refractivity contribution in [1.29, 1.82) is 0 Å². The predicted molar refractivity (Wildman–Crippen MR) is 448 cm³/mol. The second-order valence-electron chi connectivity index (χ2n) is 24.3. The molecule has 468 valence electrons. The van der Waals surface area contributed by atoms with Crippen molar-refractivity contribution in [3.05, 3.63) is 180 Å². The molecule has 6 aliphatic rings. The van der Waals surface area contributed by atoms with Gasteiger partial charge in [-0.1, -0.05) is 125 Å². The molecule has 23 heteroatoms. The Morgan fingerprint density at radius 2 is 0.795 bits per heavy atom. The summed E-state index contributed by atoms with van der Waals surface area (Å²) in [7, 11) is 12.2. The molecule has 14 rings (SSSR count). The van der Waals surface area contributed by atoms with Gasteiger partial charge in [0.15, 0.2) is 0 Å². The number of fused-ring (bicyclic) bond motifs is 6. The molecule has 2 unspecified atom stereocenters. The monoisotopic (exact) mass is 2120 g/mol. The first-order valence-electron chi connectivity index (χ1n) is 28.5. The average Bonchev–Trinajstić information content (AvgIpc) is 1.29. The van der Waals surface area contributed by atoms with E-state index < -0.39 is 27.5 Å². The molecule has 88 heavy (non-hydrogen) atoms. The van der Waals surface area contributed by atoms with E-state index in [2.05, 4.69) is 348 Å². The van der Waals surface area contributed by atoms with Crippen LogP contribution >= 0.6 is 174 Å². The molecule has 2 spiro atoms. The van der Waals surface area contributed by atoms with E-state index >= 15 is 0 Å². The Balaban J connectivity index is 0.000000169. The second kappa shape index (κ2) is 29.9. The molecule has 0 saturated heterocycles.